The summed E-state index contributed by atoms with van der Waals surface area (Å²) in [6.07, 6.45) is 7.65. The van der Waals surface area contributed by atoms with Crippen LogP contribution in [0.5, 0.6) is 0 Å². The van der Waals surface area contributed by atoms with Gasteiger partial charge in [-0.15, -0.1) is 0 Å². The molecule has 1 unspecified atom stereocenters. The van der Waals surface area contributed by atoms with E-state index in [0.29, 0.717) is 17.6 Å². The van der Waals surface area contributed by atoms with Crippen molar-refractivity contribution in [3.05, 3.63) is 12.2 Å². The Kier molecular flexibility index (Phi) is 2.86. The van der Waals surface area contributed by atoms with Gasteiger partial charge in [0.2, 0.25) is 0 Å². The second-order valence-corrected chi connectivity index (χ2v) is 3.29. The Hall–Kier alpha value is -0.590. The Morgan fingerprint density at radius 3 is 2.82 bits per heavy atom. The van der Waals surface area contributed by atoms with E-state index < -0.39 is 0 Å². The van der Waals surface area contributed by atoms with Crippen LogP contribution >= 0.6 is 0 Å². The second-order valence-electron chi connectivity index (χ2n) is 3.29. The van der Waals surface area contributed by atoms with E-state index in [1.807, 2.05) is 0 Å². The van der Waals surface area contributed by atoms with Crippen LogP contribution in [-0.4, -0.2) is 5.78 Å². The Morgan fingerprint density at radius 1 is 1.64 bits per heavy atom. The van der Waals surface area contributed by atoms with E-state index in [4.69, 9.17) is 0 Å². The lowest BCUT2D eigenvalue weighted by molar-refractivity contribution is -0.122. The van der Waals surface area contributed by atoms with Crippen LogP contribution in [0.4, 0.5) is 0 Å². The molecule has 0 aromatic heterocycles. The largest absolute Gasteiger partial charge is 0.300 e. The van der Waals surface area contributed by atoms with Crippen LogP contribution in [0, 0.1) is 11.8 Å². The van der Waals surface area contributed by atoms with Crippen molar-refractivity contribution >= 4 is 5.78 Å². The highest BCUT2D eigenvalue weighted by Gasteiger charge is 2.23. The van der Waals surface area contributed by atoms with Gasteiger partial charge in [-0.05, 0) is 32.1 Å². The molecule has 0 amide bonds. The van der Waals surface area contributed by atoms with Crippen molar-refractivity contribution in [2.75, 3.05) is 0 Å². The molecule has 0 saturated carbocycles. The molecule has 62 valence electrons. The molecule has 0 heterocycles. The normalized spacial score (nSPS) is 30.4. The van der Waals surface area contributed by atoms with E-state index in [1.165, 1.54) is 0 Å². The molecule has 0 N–H and O–H groups in total. The summed E-state index contributed by atoms with van der Waals surface area (Å²) in [5.74, 6) is 1.19. The minimum atomic E-state index is 0.310. The first-order valence-corrected chi connectivity index (χ1v) is 4.42. The quantitative estimate of drug-likeness (QED) is 0.556. The highest BCUT2D eigenvalue weighted by molar-refractivity contribution is 5.79. The second kappa shape index (κ2) is 3.70. The van der Waals surface area contributed by atoms with Crippen LogP contribution in [0.25, 0.3) is 0 Å². The number of carbonyl (C=O) groups excluding carboxylic acids is 1. The summed E-state index contributed by atoms with van der Waals surface area (Å²) >= 11 is 0. The van der Waals surface area contributed by atoms with Crippen molar-refractivity contribution in [1.29, 1.82) is 0 Å². The molecular weight excluding hydrogens is 136 g/mol. The minimum absolute atomic E-state index is 0.310. The number of ketones is 1. The third-order valence-corrected chi connectivity index (χ3v) is 2.54. The molecule has 0 saturated heterocycles. The van der Waals surface area contributed by atoms with Gasteiger partial charge in [0.05, 0.1) is 0 Å². The maximum Gasteiger partial charge on any atom is 0.133 e. The van der Waals surface area contributed by atoms with Gasteiger partial charge >= 0.3 is 0 Å². The molecule has 0 spiro atoms. The fraction of sp³-hybridized carbons (Fsp3) is 0.700. The zero-order chi connectivity index (χ0) is 8.27. The third-order valence-electron chi connectivity index (χ3n) is 2.54. The van der Waals surface area contributed by atoms with Crippen LogP contribution in [0.2, 0.25) is 0 Å². The molecule has 1 nitrogen and oxygen atoms in total. The predicted octanol–water partition coefficient (Wildman–Crippen LogP) is 2.57. The molecule has 0 aromatic carbocycles. The van der Waals surface area contributed by atoms with Crippen LogP contribution in [0.15, 0.2) is 12.2 Å². The zero-order valence-electron chi connectivity index (χ0n) is 7.34. The van der Waals surface area contributed by atoms with Crippen molar-refractivity contribution in [2.45, 2.75) is 33.1 Å². The lowest BCUT2D eigenvalue weighted by atomic mass is 9.80. The summed E-state index contributed by atoms with van der Waals surface area (Å²) in [4.78, 5) is 11.1. The molecule has 11 heavy (non-hydrogen) atoms. The van der Waals surface area contributed by atoms with Crippen LogP contribution in [0.1, 0.15) is 33.1 Å². The lowest BCUT2D eigenvalue weighted by Crippen LogP contribution is -2.21. The SMILES string of the molecule is CCC1C=CCC[C@H]1C(C)=O. The molecule has 0 bridgehead atoms. The van der Waals surface area contributed by atoms with Crippen molar-refractivity contribution < 1.29 is 4.79 Å². The van der Waals surface area contributed by atoms with Gasteiger partial charge in [-0.3, -0.25) is 4.79 Å². The van der Waals surface area contributed by atoms with E-state index in [1.54, 1.807) is 6.92 Å². The molecule has 0 fully saturated rings. The Labute approximate surface area is 68.5 Å². The molecule has 0 radical (unpaired) electrons. The van der Waals surface area contributed by atoms with E-state index >= 15 is 0 Å². The standard InChI is InChI=1S/C10H16O/c1-3-9-6-4-5-7-10(9)8(2)11/h4,6,9-10H,3,5,7H2,1-2H3/t9?,10-/m0/s1. The van der Waals surface area contributed by atoms with Gasteiger partial charge < -0.3 is 0 Å². The molecule has 2 atom stereocenters. The number of Topliss-reactive ketones (excluding diaryl/α,β-unsaturated/α-hetero) is 1. The fourth-order valence-corrected chi connectivity index (χ4v) is 1.82. The van der Waals surface area contributed by atoms with Gasteiger partial charge in [-0.1, -0.05) is 19.1 Å². The highest BCUT2D eigenvalue weighted by Crippen LogP contribution is 2.27. The van der Waals surface area contributed by atoms with Crippen molar-refractivity contribution in [2.24, 2.45) is 11.8 Å². The van der Waals surface area contributed by atoms with Crippen LogP contribution in [-0.2, 0) is 4.79 Å². The summed E-state index contributed by atoms with van der Waals surface area (Å²) in [7, 11) is 0. The first kappa shape index (κ1) is 8.51. The van der Waals surface area contributed by atoms with Crippen molar-refractivity contribution in [3.63, 3.8) is 0 Å². The van der Waals surface area contributed by atoms with E-state index in [9.17, 15) is 4.79 Å². The van der Waals surface area contributed by atoms with Gasteiger partial charge in [-0.2, -0.15) is 0 Å². The third kappa shape index (κ3) is 1.92. The van der Waals surface area contributed by atoms with Crippen LogP contribution in [0.3, 0.4) is 0 Å². The number of allylic oxidation sites excluding steroid dienone is 2. The molecular formula is C10H16O. The number of hydrogen-bond donors (Lipinski definition) is 0. The topological polar surface area (TPSA) is 17.1 Å². The number of rotatable bonds is 2. The van der Waals surface area contributed by atoms with Gasteiger partial charge in [0.15, 0.2) is 0 Å². The first-order valence-electron chi connectivity index (χ1n) is 4.42. The van der Waals surface area contributed by atoms with Gasteiger partial charge in [0.1, 0.15) is 5.78 Å². The molecule has 0 aliphatic heterocycles. The first-order chi connectivity index (χ1) is 5.25. The molecule has 1 aliphatic carbocycles. The molecule has 1 heteroatoms. The van der Waals surface area contributed by atoms with Gasteiger partial charge in [0.25, 0.3) is 0 Å². The Balaban J connectivity index is 2.63. The minimum Gasteiger partial charge on any atom is -0.300 e. The summed E-state index contributed by atoms with van der Waals surface area (Å²) < 4.78 is 0. The van der Waals surface area contributed by atoms with Crippen molar-refractivity contribution in [3.8, 4) is 0 Å². The maximum atomic E-state index is 11.1. The predicted molar refractivity (Wildman–Crippen MR) is 46.3 cm³/mol. The fourth-order valence-electron chi connectivity index (χ4n) is 1.82. The average molecular weight is 152 g/mol. The highest BCUT2D eigenvalue weighted by atomic mass is 16.1. The molecule has 0 aromatic rings. The maximum absolute atomic E-state index is 11.1. The monoisotopic (exact) mass is 152 g/mol. The van der Waals surface area contributed by atoms with E-state index in [0.717, 1.165) is 19.3 Å². The lowest BCUT2D eigenvalue weighted by Gasteiger charge is -2.23. The van der Waals surface area contributed by atoms with Gasteiger partial charge in [-0.25, -0.2) is 0 Å². The Morgan fingerprint density at radius 2 is 2.36 bits per heavy atom. The molecule has 1 aliphatic rings. The summed E-state index contributed by atoms with van der Waals surface area (Å²) in [6.45, 7) is 3.86. The number of hydrogen-bond acceptors (Lipinski definition) is 1. The summed E-state index contributed by atoms with van der Waals surface area (Å²) in [5, 5.41) is 0. The van der Waals surface area contributed by atoms with Crippen LogP contribution < -0.4 is 0 Å². The van der Waals surface area contributed by atoms with Gasteiger partial charge in [0, 0.05) is 5.92 Å². The van der Waals surface area contributed by atoms with E-state index in [-0.39, 0.29) is 0 Å². The summed E-state index contributed by atoms with van der Waals surface area (Å²) in [5.41, 5.74) is 0. The van der Waals surface area contributed by atoms with Crippen molar-refractivity contribution in [1.82, 2.24) is 0 Å². The smallest absolute Gasteiger partial charge is 0.133 e. The molecule has 1 rings (SSSR count). The average Bonchev–Trinajstić information content (AvgIpc) is 2.04. The van der Waals surface area contributed by atoms with E-state index in [2.05, 4.69) is 19.1 Å². The number of carbonyl (C=O) groups is 1. The summed E-state index contributed by atoms with van der Waals surface area (Å²) in [6, 6.07) is 0. The zero-order valence-corrected chi connectivity index (χ0v) is 7.34. The Bertz CT molecular complexity index is 170.